The molecular weight excluding hydrogens is 294 g/mol. The van der Waals surface area contributed by atoms with Crippen LogP contribution in [0.4, 0.5) is 5.69 Å². The molecule has 0 radical (unpaired) electrons. The summed E-state index contributed by atoms with van der Waals surface area (Å²) in [6.45, 7) is 2.52. The van der Waals surface area contributed by atoms with Crippen molar-refractivity contribution in [2.75, 3.05) is 26.7 Å². The minimum Gasteiger partial charge on any atom is -0.341 e. The van der Waals surface area contributed by atoms with Gasteiger partial charge >= 0.3 is 0 Å². The number of carbonyl (C=O) groups excluding carboxylic acids is 1. The van der Waals surface area contributed by atoms with Crippen molar-refractivity contribution in [1.82, 2.24) is 10.2 Å². The van der Waals surface area contributed by atoms with Crippen LogP contribution >= 0.6 is 11.6 Å². The summed E-state index contributed by atoms with van der Waals surface area (Å²) in [5, 5.41) is 14.6. The van der Waals surface area contributed by atoms with Gasteiger partial charge < -0.3 is 10.2 Å². The summed E-state index contributed by atoms with van der Waals surface area (Å²) in [5.74, 6) is 0.100. The van der Waals surface area contributed by atoms with Crippen molar-refractivity contribution in [3.63, 3.8) is 0 Å². The van der Waals surface area contributed by atoms with E-state index >= 15 is 0 Å². The number of nitro groups is 1. The van der Waals surface area contributed by atoms with Gasteiger partial charge in [-0.3, -0.25) is 14.9 Å². The zero-order valence-corrected chi connectivity index (χ0v) is 12.6. The minimum absolute atomic E-state index is 0.0841. The number of halogens is 1. The molecule has 1 fully saturated rings. The van der Waals surface area contributed by atoms with Crippen LogP contribution in [-0.2, 0) is 0 Å². The first-order valence-electron chi connectivity index (χ1n) is 6.89. The molecular formula is C14H18ClN3O3. The lowest BCUT2D eigenvalue weighted by molar-refractivity contribution is -0.385. The predicted octanol–water partition coefficient (Wildman–Crippen LogP) is 2.32. The van der Waals surface area contributed by atoms with Crippen molar-refractivity contribution in [1.29, 1.82) is 0 Å². The number of carbonyl (C=O) groups is 1. The third-order valence-electron chi connectivity index (χ3n) is 3.72. The maximum absolute atomic E-state index is 12.4. The maximum atomic E-state index is 12.4. The van der Waals surface area contributed by atoms with Crippen molar-refractivity contribution in [3.8, 4) is 0 Å². The number of nitrogens with zero attached hydrogens (tertiary/aromatic N) is 2. The zero-order valence-electron chi connectivity index (χ0n) is 11.8. The Bertz CT molecular complexity index is 544. The first kappa shape index (κ1) is 15.7. The largest absolute Gasteiger partial charge is 0.341 e. The zero-order chi connectivity index (χ0) is 15.4. The summed E-state index contributed by atoms with van der Waals surface area (Å²) in [6, 6.07) is 4.13. The van der Waals surface area contributed by atoms with E-state index in [1.54, 1.807) is 11.9 Å². The second kappa shape index (κ2) is 6.87. The average molecular weight is 312 g/mol. The van der Waals surface area contributed by atoms with Crippen LogP contribution in [0.1, 0.15) is 23.2 Å². The van der Waals surface area contributed by atoms with Crippen LogP contribution in [-0.4, -0.2) is 42.4 Å². The van der Waals surface area contributed by atoms with Crippen LogP contribution in [0, 0.1) is 16.0 Å². The van der Waals surface area contributed by atoms with E-state index in [1.807, 2.05) is 0 Å². The fraction of sp³-hybridized carbons (Fsp3) is 0.500. The first-order chi connectivity index (χ1) is 9.99. The highest BCUT2D eigenvalue weighted by Crippen LogP contribution is 2.25. The SMILES string of the molecule is CN(CC1CCNCC1)C(=O)c1ccc(Cl)cc1[N+](=O)[O-]. The molecule has 114 valence electrons. The first-order valence-corrected chi connectivity index (χ1v) is 7.27. The molecule has 7 heteroatoms. The molecule has 0 aromatic heterocycles. The average Bonchev–Trinajstić information content (AvgIpc) is 2.47. The summed E-state index contributed by atoms with van der Waals surface area (Å²) in [6.07, 6.45) is 2.03. The Kier molecular flexibility index (Phi) is 5.14. The van der Waals surface area contributed by atoms with E-state index in [1.165, 1.54) is 18.2 Å². The summed E-state index contributed by atoms with van der Waals surface area (Å²) < 4.78 is 0. The maximum Gasteiger partial charge on any atom is 0.283 e. The lowest BCUT2D eigenvalue weighted by Crippen LogP contribution is -2.37. The highest BCUT2D eigenvalue weighted by atomic mass is 35.5. The van der Waals surface area contributed by atoms with Crippen LogP contribution in [0.2, 0.25) is 5.02 Å². The van der Waals surface area contributed by atoms with Gasteiger partial charge in [-0.2, -0.15) is 0 Å². The molecule has 0 bridgehead atoms. The second-order valence-electron chi connectivity index (χ2n) is 5.30. The van der Waals surface area contributed by atoms with Crippen LogP contribution in [0.5, 0.6) is 0 Å². The van der Waals surface area contributed by atoms with Gasteiger partial charge in [-0.1, -0.05) is 11.6 Å². The molecule has 1 aromatic rings. The third kappa shape index (κ3) is 3.92. The Labute approximate surface area is 128 Å². The van der Waals surface area contributed by atoms with E-state index in [9.17, 15) is 14.9 Å². The minimum atomic E-state index is -0.572. The van der Waals surface area contributed by atoms with E-state index in [0.717, 1.165) is 25.9 Å². The van der Waals surface area contributed by atoms with Gasteiger partial charge in [-0.05, 0) is 44.0 Å². The van der Waals surface area contributed by atoms with Gasteiger partial charge in [0.05, 0.1) is 4.92 Å². The van der Waals surface area contributed by atoms with Crippen molar-refractivity contribution in [2.45, 2.75) is 12.8 Å². The summed E-state index contributed by atoms with van der Waals surface area (Å²) in [7, 11) is 1.68. The highest BCUT2D eigenvalue weighted by Gasteiger charge is 2.25. The number of piperidine rings is 1. The number of rotatable bonds is 4. The normalized spacial score (nSPS) is 15.7. The number of amides is 1. The smallest absolute Gasteiger partial charge is 0.283 e. The molecule has 1 amide bonds. The van der Waals surface area contributed by atoms with Gasteiger partial charge in [0.1, 0.15) is 5.56 Å². The number of hydrogen-bond acceptors (Lipinski definition) is 4. The monoisotopic (exact) mass is 311 g/mol. The molecule has 0 atom stereocenters. The van der Waals surface area contributed by atoms with Crippen molar-refractivity contribution in [3.05, 3.63) is 38.9 Å². The molecule has 0 saturated carbocycles. The number of nitrogens with one attached hydrogen (secondary N) is 1. The lowest BCUT2D eigenvalue weighted by Gasteiger charge is -2.27. The highest BCUT2D eigenvalue weighted by molar-refractivity contribution is 6.31. The van der Waals surface area contributed by atoms with E-state index in [-0.39, 0.29) is 22.2 Å². The van der Waals surface area contributed by atoms with Gasteiger partial charge in [-0.15, -0.1) is 0 Å². The molecule has 1 heterocycles. The molecule has 1 aliphatic heterocycles. The van der Waals surface area contributed by atoms with E-state index in [2.05, 4.69) is 5.32 Å². The molecule has 1 N–H and O–H groups in total. The Morgan fingerprint density at radius 3 is 2.76 bits per heavy atom. The van der Waals surface area contributed by atoms with Crippen LogP contribution in [0.15, 0.2) is 18.2 Å². The topological polar surface area (TPSA) is 75.5 Å². The van der Waals surface area contributed by atoms with Crippen molar-refractivity contribution >= 4 is 23.2 Å². The summed E-state index contributed by atoms with van der Waals surface area (Å²) in [5.41, 5.74) is -0.162. The Morgan fingerprint density at radius 2 is 2.14 bits per heavy atom. The van der Waals surface area contributed by atoms with Crippen molar-refractivity contribution in [2.24, 2.45) is 5.92 Å². The van der Waals surface area contributed by atoms with Crippen molar-refractivity contribution < 1.29 is 9.72 Å². The molecule has 21 heavy (non-hydrogen) atoms. The fourth-order valence-electron chi connectivity index (χ4n) is 2.58. The Hall–Kier alpha value is -1.66. The molecule has 6 nitrogen and oxygen atoms in total. The predicted molar refractivity (Wildman–Crippen MR) is 80.7 cm³/mol. The van der Waals surface area contributed by atoms with E-state index in [0.29, 0.717) is 12.5 Å². The molecule has 0 spiro atoms. The Balaban J connectivity index is 2.13. The van der Waals surface area contributed by atoms with Gasteiger partial charge in [0.2, 0.25) is 0 Å². The summed E-state index contributed by atoms with van der Waals surface area (Å²) in [4.78, 5) is 24.5. The number of nitro benzene ring substituents is 1. The molecule has 1 saturated heterocycles. The summed E-state index contributed by atoms with van der Waals surface area (Å²) >= 11 is 5.76. The second-order valence-corrected chi connectivity index (χ2v) is 5.73. The Morgan fingerprint density at radius 1 is 1.48 bits per heavy atom. The fourth-order valence-corrected chi connectivity index (χ4v) is 2.74. The molecule has 0 aliphatic carbocycles. The lowest BCUT2D eigenvalue weighted by atomic mass is 9.97. The number of benzene rings is 1. The van der Waals surface area contributed by atoms with Crippen LogP contribution in [0.3, 0.4) is 0 Å². The molecule has 1 aromatic carbocycles. The quantitative estimate of drug-likeness (QED) is 0.684. The molecule has 0 unspecified atom stereocenters. The standard InChI is InChI=1S/C14H18ClN3O3/c1-17(9-10-4-6-16-7-5-10)14(19)12-3-2-11(15)8-13(12)18(20)21/h2-3,8,10,16H,4-7,9H2,1H3. The van der Waals surface area contributed by atoms with Gasteiger partial charge in [0, 0.05) is 24.7 Å². The molecule has 1 aliphatic rings. The van der Waals surface area contributed by atoms with Gasteiger partial charge in [0.15, 0.2) is 0 Å². The van der Waals surface area contributed by atoms with E-state index < -0.39 is 4.92 Å². The van der Waals surface area contributed by atoms with Gasteiger partial charge in [-0.25, -0.2) is 0 Å². The number of hydrogen-bond donors (Lipinski definition) is 1. The van der Waals surface area contributed by atoms with Gasteiger partial charge in [0.25, 0.3) is 11.6 Å². The van der Waals surface area contributed by atoms with E-state index in [4.69, 9.17) is 11.6 Å². The van der Waals surface area contributed by atoms with Crippen LogP contribution in [0.25, 0.3) is 0 Å². The molecule has 2 rings (SSSR count). The van der Waals surface area contributed by atoms with Crippen LogP contribution < -0.4 is 5.32 Å². The third-order valence-corrected chi connectivity index (χ3v) is 3.96.